The molecule has 1 aliphatic rings. The number of amides is 2. The maximum absolute atomic E-state index is 12.8. The molecule has 0 fully saturated rings. The molecule has 0 aliphatic carbocycles. The lowest BCUT2D eigenvalue weighted by Gasteiger charge is -2.30. The van der Waals surface area contributed by atoms with Crippen LogP contribution in [-0.2, 0) is 17.9 Å². The Morgan fingerprint density at radius 2 is 1.90 bits per heavy atom. The van der Waals surface area contributed by atoms with Gasteiger partial charge in [-0.25, -0.2) is 0 Å². The Morgan fingerprint density at radius 3 is 2.60 bits per heavy atom. The molecule has 0 spiro atoms. The molecule has 1 aromatic heterocycles. The molecule has 0 radical (unpaired) electrons. The number of ether oxygens (including phenoxy) is 2. The van der Waals surface area contributed by atoms with E-state index in [9.17, 15) is 9.59 Å². The van der Waals surface area contributed by atoms with Gasteiger partial charge in [0.2, 0.25) is 12.7 Å². The zero-order valence-corrected chi connectivity index (χ0v) is 18.2. The molecule has 8 nitrogen and oxygen atoms in total. The summed E-state index contributed by atoms with van der Waals surface area (Å²) in [6, 6.07) is 7.09. The normalized spacial score (nSPS) is 12.9. The second-order valence-corrected chi connectivity index (χ2v) is 8.88. The summed E-state index contributed by atoms with van der Waals surface area (Å²) in [7, 11) is 0. The SMILES string of the molecule is CC(C)CN(Cc1cc(C(=O)NCc2ccc3c(c2)OCO3)no1)C(=O)C(C)(C)C. The van der Waals surface area contributed by atoms with E-state index in [1.165, 1.54) is 0 Å². The molecular weight excluding hydrogens is 386 g/mol. The van der Waals surface area contributed by atoms with E-state index in [-0.39, 0.29) is 30.8 Å². The number of nitrogens with zero attached hydrogens (tertiary/aromatic N) is 2. The first kappa shape index (κ1) is 21.7. The van der Waals surface area contributed by atoms with Gasteiger partial charge in [-0.2, -0.15) is 0 Å². The van der Waals surface area contributed by atoms with Gasteiger partial charge in [0.15, 0.2) is 23.0 Å². The topological polar surface area (TPSA) is 93.9 Å². The quantitative estimate of drug-likeness (QED) is 0.745. The predicted molar refractivity (Wildman–Crippen MR) is 110 cm³/mol. The predicted octanol–water partition coefficient (Wildman–Crippen LogP) is 3.36. The number of aromatic nitrogens is 1. The molecule has 3 rings (SSSR count). The Morgan fingerprint density at radius 1 is 1.17 bits per heavy atom. The fourth-order valence-corrected chi connectivity index (χ4v) is 3.14. The number of carbonyl (C=O) groups excluding carboxylic acids is 2. The van der Waals surface area contributed by atoms with Crippen molar-refractivity contribution in [1.29, 1.82) is 0 Å². The van der Waals surface area contributed by atoms with E-state index in [1.807, 2.05) is 39.0 Å². The molecular formula is C22H29N3O5. The summed E-state index contributed by atoms with van der Waals surface area (Å²) in [6.45, 7) is 11.2. The van der Waals surface area contributed by atoms with Crippen molar-refractivity contribution in [2.24, 2.45) is 11.3 Å². The van der Waals surface area contributed by atoms with Crippen LogP contribution in [0.25, 0.3) is 0 Å². The van der Waals surface area contributed by atoms with Gasteiger partial charge in [0.05, 0.1) is 6.54 Å². The van der Waals surface area contributed by atoms with Crippen LogP contribution in [0.4, 0.5) is 0 Å². The van der Waals surface area contributed by atoms with E-state index in [2.05, 4.69) is 24.3 Å². The molecule has 1 N–H and O–H groups in total. The third-order valence-electron chi connectivity index (χ3n) is 4.54. The molecule has 30 heavy (non-hydrogen) atoms. The first-order valence-electron chi connectivity index (χ1n) is 10.0. The number of nitrogens with one attached hydrogen (secondary N) is 1. The monoisotopic (exact) mass is 415 g/mol. The zero-order chi connectivity index (χ0) is 21.9. The van der Waals surface area contributed by atoms with Crippen molar-refractivity contribution in [3.8, 4) is 11.5 Å². The van der Waals surface area contributed by atoms with Gasteiger partial charge >= 0.3 is 0 Å². The summed E-state index contributed by atoms with van der Waals surface area (Å²) in [5.74, 6) is 1.83. The maximum atomic E-state index is 12.8. The smallest absolute Gasteiger partial charge is 0.273 e. The van der Waals surface area contributed by atoms with Crippen molar-refractivity contribution in [1.82, 2.24) is 15.4 Å². The number of rotatable bonds is 7. The number of hydrogen-bond acceptors (Lipinski definition) is 6. The molecule has 8 heteroatoms. The van der Waals surface area contributed by atoms with Crippen LogP contribution in [0.3, 0.4) is 0 Å². The molecule has 2 aromatic rings. The second kappa shape index (κ2) is 8.77. The molecule has 0 bridgehead atoms. The third-order valence-corrected chi connectivity index (χ3v) is 4.54. The zero-order valence-electron chi connectivity index (χ0n) is 18.2. The number of fused-ring (bicyclic) bond motifs is 1. The Hall–Kier alpha value is -3.03. The fraction of sp³-hybridized carbons (Fsp3) is 0.500. The van der Waals surface area contributed by atoms with Crippen LogP contribution in [0.1, 0.15) is 56.4 Å². The minimum absolute atomic E-state index is 0.0291. The van der Waals surface area contributed by atoms with E-state index in [0.717, 1.165) is 5.56 Å². The molecule has 162 valence electrons. The number of benzene rings is 1. The molecule has 0 saturated carbocycles. The molecule has 1 aromatic carbocycles. The van der Waals surface area contributed by atoms with E-state index >= 15 is 0 Å². The van der Waals surface area contributed by atoms with E-state index < -0.39 is 5.41 Å². The van der Waals surface area contributed by atoms with Gasteiger partial charge in [-0.05, 0) is 23.6 Å². The van der Waals surface area contributed by atoms with E-state index in [1.54, 1.807) is 11.0 Å². The number of carbonyl (C=O) groups is 2. The Balaban J connectivity index is 1.61. The summed E-state index contributed by atoms with van der Waals surface area (Å²) in [6.07, 6.45) is 0. The van der Waals surface area contributed by atoms with Gasteiger partial charge < -0.3 is 24.2 Å². The second-order valence-electron chi connectivity index (χ2n) is 8.88. The molecule has 2 amide bonds. The van der Waals surface area contributed by atoms with Crippen molar-refractivity contribution in [2.75, 3.05) is 13.3 Å². The van der Waals surface area contributed by atoms with Crippen LogP contribution < -0.4 is 14.8 Å². The van der Waals surface area contributed by atoms with Crippen LogP contribution in [-0.4, -0.2) is 35.2 Å². The van der Waals surface area contributed by atoms with Crippen molar-refractivity contribution >= 4 is 11.8 Å². The van der Waals surface area contributed by atoms with Gasteiger partial charge in [-0.15, -0.1) is 0 Å². The largest absolute Gasteiger partial charge is 0.454 e. The van der Waals surface area contributed by atoms with Crippen LogP contribution in [0.15, 0.2) is 28.8 Å². The van der Waals surface area contributed by atoms with Crippen molar-refractivity contribution in [3.05, 3.63) is 41.3 Å². The lowest BCUT2D eigenvalue weighted by atomic mass is 9.94. The highest BCUT2D eigenvalue weighted by Crippen LogP contribution is 2.32. The maximum Gasteiger partial charge on any atom is 0.273 e. The van der Waals surface area contributed by atoms with Gasteiger partial charge in [0.25, 0.3) is 5.91 Å². The van der Waals surface area contributed by atoms with Crippen LogP contribution in [0.2, 0.25) is 0 Å². The van der Waals surface area contributed by atoms with Gasteiger partial charge in [-0.3, -0.25) is 9.59 Å². The molecule has 2 heterocycles. The van der Waals surface area contributed by atoms with Crippen molar-refractivity contribution < 1.29 is 23.6 Å². The first-order valence-corrected chi connectivity index (χ1v) is 10.0. The van der Waals surface area contributed by atoms with Crippen molar-refractivity contribution in [2.45, 2.75) is 47.7 Å². The van der Waals surface area contributed by atoms with Crippen LogP contribution in [0.5, 0.6) is 11.5 Å². The van der Waals surface area contributed by atoms with Crippen LogP contribution in [0, 0.1) is 11.3 Å². The number of hydrogen-bond donors (Lipinski definition) is 1. The first-order chi connectivity index (χ1) is 14.1. The Labute approximate surface area is 176 Å². The summed E-state index contributed by atoms with van der Waals surface area (Å²) in [5, 5.41) is 6.68. The average molecular weight is 415 g/mol. The highest BCUT2D eigenvalue weighted by Gasteiger charge is 2.29. The highest BCUT2D eigenvalue weighted by molar-refractivity contribution is 5.92. The van der Waals surface area contributed by atoms with Gasteiger partial charge in [0.1, 0.15) is 0 Å². The lowest BCUT2D eigenvalue weighted by molar-refractivity contribution is -0.141. The fourth-order valence-electron chi connectivity index (χ4n) is 3.14. The average Bonchev–Trinajstić information content (AvgIpc) is 3.32. The minimum Gasteiger partial charge on any atom is -0.454 e. The summed E-state index contributed by atoms with van der Waals surface area (Å²) < 4.78 is 16.0. The molecule has 0 atom stereocenters. The standard InChI is InChI=1S/C22H29N3O5/c1-14(2)11-25(21(27)22(3,4)5)12-16-9-17(24-30-16)20(26)23-10-15-6-7-18-19(8-15)29-13-28-18/h6-9,14H,10-13H2,1-5H3,(H,23,26). The summed E-state index contributed by atoms with van der Waals surface area (Å²) in [4.78, 5) is 27.0. The lowest BCUT2D eigenvalue weighted by Crippen LogP contribution is -2.40. The third kappa shape index (κ3) is 5.31. The minimum atomic E-state index is -0.500. The molecule has 1 aliphatic heterocycles. The van der Waals surface area contributed by atoms with Gasteiger partial charge in [0, 0.05) is 24.6 Å². The summed E-state index contributed by atoms with van der Waals surface area (Å²) in [5.41, 5.74) is 0.563. The summed E-state index contributed by atoms with van der Waals surface area (Å²) >= 11 is 0. The van der Waals surface area contributed by atoms with Gasteiger partial charge in [-0.1, -0.05) is 45.8 Å². The Bertz CT molecular complexity index is 914. The van der Waals surface area contributed by atoms with Crippen molar-refractivity contribution in [3.63, 3.8) is 0 Å². The highest BCUT2D eigenvalue weighted by atomic mass is 16.7. The van der Waals surface area contributed by atoms with E-state index in [0.29, 0.717) is 36.3 Å². The molecule has 0 saturated heterocycles. The van der Waals surface area contributed by atoms with Crippen LogP contribution >= 0.6 is 0 Å². The Kier molecular flexibility index (Phi) is 6.34. The van der Waals surface area contributed by atoms with E-state index in [4.69, 9.17) is 14.0 Å². The molecule has 0 unspecified atom stereocenters.